The maximum Gasteiger partial charge on any atom is 0.173 e. The van der Waals surface area contributed by atoms with E-state index in [4.69, 9.17) is 0 Å². The van der Waals surface area contributed by atoms with Crippen LogP contribution in [0, 0.1) is 5.41 Å². The van der Waals surface area contributed by atoms with Gasteiger partial charge in [-0.05, 0) is 20.8 Å². The molecule has 1 unspecified atom stereocenters. The van der Waals surface area contributed by atoms with Crippen molar-refractivity contribution in [1.29, 1.82) is 0 Å². The molecule has 0 radical (unpaired) electrons. The number of rotatable bonds is 0. The number of hydrogen-bond donors (Lipinski definition) is 1. The van der Waals surface area contributed by atoms with E-state index in [1.165, 1.54) is 0 Å². The van der Waals surface area contributed by atoms with Crippen molar-refractivity contribution in [3.8, 4) is 0 Å². The molecule has 1 saturated carbocycles. The molecule has 0 amide bonds. The monoisotopic (exact) mass is 154 g/mol. The molecule has 0 bridgehead atoms. The van der Waals surface area contributed by atoms with Gasteiger partial charge in [0.1, 0.15) is 5.60 Å². The van der Waals surface area contributed by atoms with Gasteiger partial charge in [0.2, 0.25) is 0 Å². The van der Waals surface area contributed by atoms with E-state index in [9.17, 15) is 9.90 Å². The first-order valence-electron chi connectivity index (χ1n) is 3.74. The molecular weight excluding hydrogens is 140 g/mol. The SMILES string of the molecule is C=C1CC(C)(O)C(=O)C1(C)C. The van der Waals surface area contributed by atoms with E-state index in [1.807, 2.05) is 0 Å². The van der Waals surface area contributed by atoms with Gasteiger partial charge in [-0.15, -0.1) is 0 Å². The van der Waals surface area contributed by atoms with Crippen molar-refractivity contribution in [2.45, 2.75) is 32.8 Å². The van der Waals surface area contributed by atoms with Crippen molar-refractivity contribution in [3.05, 3.63) is 12.2 Å². The Morgan fingerprint density at radius 1 is 1.45 bits per heavy atom. The summed E-state index contributed by atoms with van der Waals surface area (Å²) >= 11 is 0. The second-order valence-corrected chi connectivity index (χ2v) is 4.01. The zero-order valence-electron chi connectivity index (χ0n) is 7.27. The van der Waals surface area contributed by atoms with Gasteiger partial charge in [0.25, 0.3) is 0 Å². The molecule has 0 aliphatic heterocycles. The van der Waals surface area contributed by atoms with Gasteiger partial charge >= 0.3 is 0 Å². The van der Waals surface area contributed by atoms with E-state index >= 15 is 0 Å². The number of carbonyl (C=O) groups is 1. The second kappa shape index (κ2) is 1.95. The lowest BCUT2D eigenvalue weighted by atomic mass is 9.86. The van der Waals surface area contributed by atoms with Crippen LogP contribution >= 0.6 is 0 Å². The van der Waals surface area contributed by atoms with Crippen LogP contribution in [0.4, 0.5) is 0 Å². The first-order chi connectivity index (χ1) is 4.78. The minimum atomic E-state index is -1.18. The fraction of sp³-hybridized carbons (Fsp3) is 0.667. The Morgan fingerprint density at radius 3 is 2.00 bits per heavy atom. The van der Waals surface area contributed by atoms with E-state index in [1.54, 1.807) is 20.8 Å². The predicted molar refractivity (Wildman–Crippen MR) is 43.2 cm³/mol. The highest BCUT2D eigenvalue weighted by Gasteiger charge is 2.50. The number of carbonyl (C=O) groups excluding carboxylic acids is 1. The van der Waals surface area contributed by atoms with Crippen molar-refractivity contribution in [1.82, 2.24) is 0 Å². The highest BCUT2D eigenvalue weighted by atomic mass is 16.3. The minimum absolute atomic E-state index is 0.116. The smallest absolute Gasteiger partial charge is 0.173 e. The molecule has 0 aromatic rings. The zero-order valence-corrected chi connectivity index (χ0v) is 7.27. The van der Waals surface area contributed by atoms with Gasteiger partial charge in [0, 0.05) is 11.8 Å². The van der Waals surface area contributed by atoms with Crippen LogP contribution in [0.1, 0.15) is 27.2 Å². The minimum Gasteiger partial charge on any atom is -0.382 e. The predicted octanol–water partition coefficient (Wildman–Crippen LogP) is 1.29. The average Bonchev–Trinajstić information content (AvgIpc) is 1.94. The summed E-state index contributed by atoms with van der Waals surface area (Å²) in [6.07, 6.45) is 0.402. The maximum atomic E-state index is 11.4. The lowest BCUT2D eigenvalue weighted by molar-refractivity contribution is -0.137. The van der Waals surface area contributed by atoms with Crippen LogP contribution in [0.2, 0.25) is 0 Å². The van der Waals surface area contributed by atoms with Gasteiger partial charge in [-0.3, -0.25) is 4.79 Å². The standard InChI is InChI=1S/C9H14O2/c1-6-5-9(4,11)7(10)8(6,2)3/h11H,1,5H2,2-4H3. The molecule has 1 fully saturated rings. The Labute approximate surface area is 66.9 Å². The van der Waals surface area contributed by atoms with Crippen LogP contribution in [-0.2, 0) is 4.79 Å². The molecule has 1 atom stereocenters. The fourth-order valence-corrected chi connectivity index (χ4v) is 1.55. The number of hydrogen-bond acceptors (Lipinski definition) is 2. The van der Waals surface area contributed by atoms with Crippen LogP contribution in [0.3, 0.4) is 0 Å². The third-order valence-electron chi connectivity index (χ3n) is 2.50. The third kappa shape index (κ3) is 1.02. The summed E-state index contributed by atoms with van der Waals surface area (Å²) in [5.41, 5.74) is -0.892. The topological polar surface area (TPSA) is 37.3 Å². The first kappa shape index (κ1) is 8.47. The number of ketones is 1. The van der Waals surface area contributed by atoms with Crippen LogP contribution in [0.5, 0.6) is 0 Å². The molecule has 2 nitrogen and oxygen atoms in total. The van der Waals surface area contributed by atoms with Crippen LogP contribution in [-0.4, -0.2) is 16.5 Å². The van der Waals surface area contributed by atoms with Crippen LogP contribution in [0.25, 0.3) is 0 Å². The highest BCUT2D eigenvalue weighted by Crippen LogP contribution is 2.43. The Kier molecular flexibility index (Phi) is 1.50. The van der Waals surface area contributed by atoms with Gasteiger partial charge in [-0.1, -0.05) is 12.2 Å². The van der Waals surface area contributed by atoms with Gasteiger partial charge in [0.05, 0.1) is 0 Å². The molecular formula is C9H14O2. The summed E-state index contributed by atoms with van der Waals surface area (Å²) in [7, 11) is 0. The number of aliphatic hydroxyl groups is 1. The summed E-state index contributed by atoms with van der Waals surface area (Å²) in [5.74, 6) is -0.116. The van der Waals surface area contributed by atoms with Gasteiger partial charge < -0.3 is 5.11 Å². The average molecular weight is 154 g/mol. The molecule has 0 aromatic heterocycles. The molecule has 0 heterocycles. The molecule has 1 N–H and O–H groups in total. The maximum absolute atomic E-state index is 11.4. The molecule has 1 aliphatic rings. The lowest BCUT2D eigenvalue weighted by Crippen LogP contribution is -2.35. The Bertz CT molecular complexity index is 224. The van der Waals surface area contributed by atoms with E-state index in [0.29, 0.717) is 6.42 Å². The normalized spacial score (nSPS) is 36.4. The fourth-order valence-electron chi connectivity index (χ4n) is 1.55. The van der Waals surface area contributed by atoms with Gasteiger partial charge in [0.15, 0.2) is 5.78 Å². The zero-order chi connectivity index (χ0) is 8.86. The van der Waals surface area contributed by atoms with E-state index in [-0.39, 0.29) is 5.78 Å². The summed E-state index contributed by atoms with van der Waals surface area (Å²) in [6.45, 7) is 8.93. The Morgan fingerprint density at radius 2 is 1.91 bits per heavy atom. The second-order valence-electron chi connectivity index (χ2n) is 4.01. The summed E-state index contributed by atoms with van der Waals surface area (Å²) in [5, 5.41) is 9.56. The lowest BCUT2D eigenvalue weighted by Gasteiger charge is -2.18. The van der Waals surface area contributed by atoms with Gasteiger partial charge in [-0.2, -0.15) is 0 Å². The molecule has 1 rings (SSSR count). The van der Waals surface area contributed by atoms with Crippen molar-refractivity contribution in [2.75, 3.05) is 0 Å². The summed E-state index contributed by atoms with van der Waals surface area (Å²) in [6, 6.07) is 0. The molecule has 11 heavy (non-hydrogen) atoms. The Balaban J connectivity index is 3.09. The van der Waals surface area contributed by atoms with Crippen molar-refractivity contribution >= 4 is 5.78 Å². The molecule has 62 valence electrons. The first-order valence-corrected chi connectivity index (χ1v) is 3.74. The molecule has 1 aliphatic carbocycles. The third-order valence-corrected chi connectivity index (χ3v) is 2.50. The van der Waals surface area contributed by atoms with Crippen molar-refractivity contribution in [2.24, 2.45) is 5.41 Å². The molecule has 0 aromatic carbocycles. The van der Waals surface area contributed by atoms with E-state index in [0.717, 1.165) is 5.57 Å². The highest BCUT2D eigenvalue weighted by molar-refractivity contribution is 5.97. The van der Waals surface area contributed by atoms with Crippen molar-refractivity contribution in [3.63, 3.8) is 0 Å². The van der Waals surface area contributed by atoms with Gasteiger partial charge in [-0.25, -0.2) is 0 Å². The molecule has 0 saturated heterocycles. The van der Waals surface area contributed by atoms with Crippen LogP contribution < -0.4 is 0 Å². The summed E-state index contributed by atoms with van der Waals surface area (Å²) in [4.78, 5) is 11.4. The quantitative estimate of drug-likeness (QED) is 0.534. The van der Waals surface area contributed by atoms with Crippen molar-refractivity contribution < 1.29 is 9.90 Å². The molecule has 2 heteroatoms. The Hall–Kier alpha value is -0.630. The number of Topliss-reactive ketones (excluding diaryl/α,β-unsaturated/α-hetero) is 1. The van der Waals surface area contributed by atoms with E-state index in [2.05, 4.69) is 6.58 Å². The van der Waals surface area contributed by atoms with Crippen LogP contribution in [0.15, 0.2) is 12.2 Å². The molecule has 0 spiro atoms. The van der Waals surface area contributed by atoms with E-state index < -0.39 is 11.0 Å². The largest absolute Gasteiger partial charge is 0.382 e. The summed E-state index contributed by atoms with van der Waals surface area (Å²) < 4.78 is 0.